The number of carbonyl (C=O) groups excluding carboxylic acids is 1. The molecule has 0 N–H and O–H groups in total. The Labute approximate surface area is 213 Å². The van der Waals surface area contributed by atoms with Crippen LogP contribution in [0.2, 0.25) is 10.0 Å². The fraction of sp³-hybridized carbons (Fsp3) is 0.400. The molecule has 1 aliphatic carbocycles. The van der Waals surface area contributed by atoms with Crippen LogP contribution in [-0.2, 0) is 11.3 Å². The van der Waals surface area contributed by atoms with E-state index in [1.807, 2.05) is 36.4 Å². The van der Waals surface area contributed by atoms with E-state index in [1.165, 1.54) is 5.56 Å². The van der Waals surface area contributed by atoms with Gasteiger partial charge in [0, 0.05) is 5.25 Å². The Morgan fingerprint density at radius 1 is 1.09 bits per heavy atom. The third-order valence-electron chi connectivity index (χ3n) is 6.02. The van der Waals surface area contributed by atoms with E-state index in [9.17, 15) is 4.79 Å². The maximum Gasteiger partial charge on any atom is 0.361 e. The van der Waals surface area contributed by atoms with E-state index in [0.29, 0.717) is 34.4 Å². The number of thioether (sulfide) groups is 1. The Hall–Kier alpha value is -2.22. The number of esters is 1. The summed E-state index contributed by atoms with van der Waals surface area (Å²) >= 11 is 14.0. The molecular weight excluding hydrogens is 493 g/mol. The molecule has 1 aliphatic rings. The van der Waals surface area contributed by atoms with Gasteiger partial charge in [0.1, 0.15) is 10.8 Å². The molecule has 180 valence electrons. The molecule has 0 aliphatic heterocycles. The van der Waals surface area contributed by atoms with E-state index in [2.05, 4.69) is 16.4 Å². The lowest BCUT2D eigenvalue weighted by Gasteiger charge is -2.28. The van der Waals surface area contributed by atoms with Gasteiger partial charge in [0.25, 0.3) is 0 Å². The van der Waals surface area contributed by atoms with E-state index in [0.717, 1.165) is 42.0 Å². The summed E-state index contributed by atoms with van der Waals surface area (Å²) in [5, 5.41) is 10.8. The van der Waals surface area contributed by atoms with Crippen LogP contribution in [0.15, 0.2) is 47.5 Å². The van der Waals surface area contributed by atoms with Crippen LogP contribution < -0.4 is 4.74 Å². The van der Waals surface area contributed by atoms with E-state index < -0.39 is 5.97 Å². The zero-order valence-electron chi connectivity index (χ0n) is 19.2. The van der Waals surface area contributed by atoms with Crippen molar-refractivity contribution in [2.75, 3.05) is 13.7 Å². The molecule has 1 aromatic heterocycles. The van der Waals surface area contributed by atoms with Crippen LogP contribution in [0.5, 0.6) is 5.75 Å². The number of hydrogen-bond acceptors (Lipinski definition) is 6. The van der Waals surface area contributed by atoms with Crippen molar-refractivity contribution in [2.45, 2.75) is 55.3 Å². The number of aromatic nitrogens is 3. The molecule has 1 saturated carbocycles. The van der Waals surface area contributed by atoms with Gasteiger partial charge >= 0.3 is 5.97 Å². The maximum atomic E-state index is 12.6. The molecule has 2 aromatic carbocycles. The molecule has 1 heterocycles. The number of methoxy groups -OCH3 is 1. The fourth-order valence-corrected chi connectivity index (χ4v) is 5.78. The highest BCUT2D eigenvalue weighted by molar-refractivity contribution is 7.99. The number of nitrogens with zero attached hydrogens (tertiary/aromatic N) is 3. The number of halogens is 2. The molecule has 0 spiro atoms. The highest BCUT2D eigenvalue weighted by Gasteiger charge is 2.28. The number of rotatable bonds is 8. The number of ether oxygens (including phenoxy) is 2. The summed E-state index contributed by atoms with van der Waals surface area (Å²) in [6, 6.07) is 13.7. The Kier molecular flexibility index (Phi) is 8.40. The maximum absolute atomic E-state index is 12.6. The van der Waals surface area contributed by atoms with E-state index in [-0.39, 0.29) is 5.69 Å². The molecular formula is C25H27Cl2N3O3S. The summed E-state index contributed by atoms with van der Waals surface area (Å²) in [6.07, 6.45) is 4.13. The molecule has 0 amide bonds. The van der Waals surface area contributed by atoms with Crippen molar-refractivity contribution in [3.05, 3.63) is 69.3 Å². The molecule has 1 fully saturated rings. The van der Waals surface area contributed by atoms with Gasteiger partial charge in [-0.1, -0.05) is 46.6 Å². The van der Waals surface area contributed by atoms with Gasteiger partial charge in [0.2, 0.25) is 5.69 Å². The monoisotopic (exact) mass is 519 g/mol. The van der Waals surface area contributed by atoms with Crippen molar-refractivity contribution in [1.29, 1.82) is 0 Å². The average molecular weight is 520 g/mol. The van der Waals surface area contributed by atoms with E-state index >= 15 is 0 Å². The second kappa shape index (κ2) is 11.5. The SMILES string of the molecule is CCOC(=O)c1nnn(Cc2ccc(OC)cc2)c1SC1CCC(c2ccc(Cl)c(Cl)c2)CC1. The summed E-state index contributed by atoms with van der Waals surface area (Å²) in [5.41, 5.74) is 2.56. The zero-order chi connectivity index (χ0) is 24.1. The van der Waals surface area contributed by atoms with Gasteiger partial charge < -0.3 is 9.47 Å². The van der Waals surface area contributed by atoms with Gasteiger partial charge in [-0.2, -0.15) is 0 Å². The molecule has 0 atom stereocenters. The first-order chi connectivity index (χ1) is 16.5. The van der Waals surface area contributed by atoms with Gasteiger partial charge in [-0.25, -0.2) is 9.48 Å². The summed E-state index contributed by atoms with van der Waals surface area (Å²) in [5.74, 6) is 0.817. The largest absolute Gasteiger partial charge is 0.497 e. The third-order valence-corrected chi connectivity index (χ3v) is 8.19. The van der Waals surface area contributed by atoms with Crippen LogP contribution >= 0.6 is 35.0 Å². The summed E-state index contributed by atoms with van der Waals surface area (Å²) in [6.45, 7) is 2.59. The van der Waals surface area contributed by atoms with Crippen molar-refractivity contribution < 1.29 is 14.3 Å². The van der Waals surface area contributed by atoms with Gasteiger partial charge in [-0.3, -0.25) is 0 Å². The summed E-state index contributed by atoms with van der Waals surface area (Å²) < 4.78 is 12.3. The smallest absolute Gasteiger partial charge is 0.361 e. The normalized spacial score (nSPS) is 18.0. The van der Waals surface area contributed by atoms with Gasteiger partial charge in [0.15, 0.2) is 0 Å². The minimum atomic E-state index is -0.435. The molecule has 3 aromatic rings. The quantitative estimate of drug-likeness (QED) is 0.311. The summed E-state index contributed by atoms with van der Waals surface area (Å²) in [7, 11) is 1.64. The zero-order valence-corrected chi connectivity index (χ0v) is 21.5. The topological polar surface area (TPSA) is 66.2 Å². The van der Waals surface area contributed by atoms with Crippen LogP contribution in [0.4, 0.5) is 0 Å². The molecule has 0 radical (unpaired) electrons. The first-order valence-electron chi connectivity index (χ1n) is 11.3. The van der Waals surface area contributed by atoms with Gasteiger partial charge in [0.05, 0.1) is 30.3 Å². The third kappa shape index (κ3) is 5.88. The Bertz CT molecular complexity index is 1130. The second-order valence-electron chi connectivity index (χ2n) is 8.23. The minimum Gasteiger partial charge on any atom is -0.497 e. The lowest BCUT2D eigenvalue weighted by atomic mass is 9.84. The van der Waals surface area contributed by atoms with Crippen LogP contribution in [0.1, 0.15) is 60.1 Å². The molecule has 0 saturated heterocycles. The predicted molar refractivity (Wildman–Crippen MR) is 135 cm³/mol. The van der Waals surface area contributed by atoms with Crippen molar-refractivity contribution >= 4 is 40.9 Å². The Morgan fingerprint density at radius 3 is 2.47 bits per heavy atom. The average Bonchev–Trinajstić information content (AvgIpc) is 3.24. The van der Waals surface area contributed by atoms with E-state index in [4.69, 9.17) is 32.7 Å². The molecule has 34 heavy (non-hydrogen) atoms. The number of benzene rings is 2. The van der Waals surface area contributed by atoms with Gasteiger partial charge in [-0.05, 0) is 73.9 Å². The van der Waals surface area contributed by atoms with Crippen LogP contribution in [-0.4, -0.2) is 39.9 Å². The van der Waals surface area contributed by atoms with Crippen molar-refractivity contribution in [2.24, 2.45) is 0 Å². The summed E-state index contributed by atoms with van der Waals surface area (Å²) in [4.78, 5) is 12.6. The first-order valence-corrected chi connectivity index (χ1v) is 13.0. The predicted octanol–water partition coefficient (Wildman–Crippen LogP) is 6.64. The van der Waals surface area contributed by atoms with Crippen molar-refractivity contribution in [1.82, 2.24) is 15.0 Å². The minimum absolute atomic E-state index is 0.284. The van der Waals surface area contributed by atoms with Gasteiger partial charge in [-0.15, -0.1) is 16.9 Å². The molecule has 0 unspecified atom stereocenters. The molecule has 9 heteroatoms. The van der Waals surface area contributed by atoms with Crippen LogP contribution in [0, 0.1) is 0 Å². The second-order valence-corrected chi connectivity index (χ2v) is 10.3. The van der Waals surface area contributed by atoms with Crippen molar-refractivity contribution in [3.8, 4) is 5.75 Å². The van der Waals surface area contributed by atoms with Crippen LogP contribution in [0.3, 0.4) is 0 Å². The van der Waals surface area contributed by atoms with Crippen LogP contribution in [0.25, 0.3) is 0 Å². The van der Waals surface area contributed by atoms with E-state index in [1.54, 1.807) is 30.5 Å². The molecule has 4 rings (SSSR count). The highest BCUT2D eigenvalue weighted by atomic mass is 35.5. The standard InChI is InChI=1S/C25H27Cl2N3O3S/c1-3-33-25(31)23-24(30(29-28-23)15-16-4-9-19(32-2)10-5-16)34-20-11-6-17(7-12-20)18-8-13-21(26)22(27)14-18/h4-5,8-10,13-14,17,20H,3,6-7,11-12,15H2,1-2H3. The molecule has 6 nitrogen and oxygen atoms in total. The van der Waals surface area contributed by atoms with Crippen molar-refractivity contribution in [3.63, 3.8) is 0 Å². The first kappa shape index (κ1) is 24.9. The Balaban J connectivity index is 1.48. The Morgan fingerprint density at radius 2 is 1.82 bits per heavy atom. The number of carbonyl (C=O) groups is 1. The fourth-order valence-electron chi connectivity index (χ4n) is 4.19. The lowest BCUT2D eigenvalue weighted by Crippen LogP contribution is -2.17. The lowest BCUT2D eigenvalue weighted by molar-refractivity contribution is 0.0515. The number of hydrogen-bond donors (Lipinski definition) is 0. The highest BCUT2D eigenvalue weighted by Crippen LogP contribution is 2.41. The molecule has 0 bridgehead atoms.